The molecule has 1 fully saturated rings. The first-order valence-electron chi connectivity index (χ1n) is 8.18. The van der Waals surface area contributed by atoms with Crippen LogP contribution in [0, 0.1) is 0 Å². The summed E-state index contributed by atoms with van der Waals surface area (Å²) < 4.78 is 37.4. The second kappa shape index (κ2) is 8.48. The normalized spacial score (nSPS) is 17.0. The van der Waals surface area contributed by atoms with Gasteiger partial charge in [0.1, 0.15) is 0 Å². The van der Waals surface area contributed by atoms with Gasteiger partial charge in [-0.3, -0.25) is 4.79 Å². The van der Waals surface area contributed by atoms with Gasteiger partial charge in [-0.2, -0.15) is 13.2 Å². The van der Waals surface area contributed by atoms with Crippen molar-refractivity contribution in [2.75, 3.05) is 26.2 Å². The summed E-state index contributed by atoms with van der Waals surface area (Å²) in [6.07, 6.45) is -2.07. The summed E-state index contributed by atoms with van der Waals surface area (Å²) >= 11 is 0. The van der Waals surface area contributed by atoms with Crippen LogP contribution in [-0.2, 0) is 17.4 Å². The van der Waals surface area contributed by atoms with Gasteiger partial charge < -0.3 is 15.3 Å². The number of aliphatic hydroxyl groups is 1. The Labute approximate surface area is 139 Å². The number of hydrogen-bond donors (Lipinski definition) is 2. The number of rotatable bonds is 6. The highest BCUT2D eigenvalue weighted by Crippen LogP contribution is 2.29. The van der Waals surface area contributed by atoms with Crippen molar-refractivity contribution in [2.24, 2.45) is 0 Å². The van der Waals surface area contributed by atoms with E-state index >= 15 is 0 Å². The maximum atomic E-state index is 12.5. The Hall–Kier alpha value is -1.60. The lowest BCUT2D eigenvalue weighted by atomic mass is 10.1. The minimum Gasteiger partial charge on any atom is -0.393 e. The number of benzene rings is 1. The number of carbonyl (C=O) groups excluding carboxylic acids is 1. The summed E-state index contributed by atoms with van der Waals surface area (Å²) in [5.74, 6) is -0.191. The second-order valence-corrected chi connectivity index (χ2v) is 6.15. The molecule has 2 N–H and O–H groups in total. The molecule has 0 bridgehead atoms. The summed E-state index contributed by atoms with van der Waals surface area (Å²) in [5, 5.41) is 12.2. The number of nitrogens with one attached hydrogen (secondary N) is 1. The van der Waals surface area contributed by atoms with E-state index in [2.05, 4.69) is 10.2 Å². The molecule has 0 spiro atoms. The van der Waals surface area contributed by atoms with Gasteiger partial charge in [0.05, 0.1) is 18.1 Å². The summed E-state index contributed by atoms with van der Waals surface area (Å²) in [4.78, 5) is 14.1. The number of piperidine rings is 1. The summed E-state index contributed by atoms with van der Waals surface area (Å²) in [6.45, 7) is 3.16. The zero-order chi connectivity index (χ0) is 17.6. The largest absolute Gasteiger partial charge is 0.416 e. The second-order valence-electron chi connectivity index (χ2n) is 6.15. The van der Waals surface area contributed by atoms with Crippen LogP contribution >= 0.6 is 0 Å². The number of carbonyl (C=O) groups is 1. The molecule has 0 aromatic heterocycles. The van der Waals surface area contributed by atoms with Crippen molar-refractivity contribution in [1.29, 1.82) is 0 Å². The number of aliphatic hydroxyl groups excluding tert-OH is 1. The first-order valence-corrected chi connectivity index (χ1v) is 8.18. The quantitative estimate of drug-likeness (QED) is 0.778. The van der Waals surface area contributed by atoms with E-state index in [-0.39, 0.29) is 18.4 Å². The fourth-order valence-electron chi connectivity index (χ4n) is 2.73. The van der Waals surface area contributed by atoms with Crippen molar-refractivity contribution < 1.29 is 23.1 Å². The number of alkyl halides is 3. The number of amides is 1. The van der Waals surface area contributed by atoms with Gasteiger partial charge >= 0.3 is 6.18 Å². The first-order chi connectivity index (χ1) is 11.3. The lowest BCUT2D eigenvalue weighted by molar-refractivity contribution is -0.137. The molecular weight excluding hydrogens is 321 g/mol. The minimum absolute atomic E-state index is 0.0774. The zero-order valence-corrected chi connectivity index (χ0v) is 13.5. The van der Waals surface area contributed by atoms with E-state index in [4.69, 9.17) is 0 Å². The SMILES string of the molecule is O=C(Cc1ccc(C(F)(F)F)cc1)NCCCN1CCC(O)CC1. The van der Waals surface area contributed by atoms with E-state index in [1.54, 1.807) is 0 Å². The maximum Gasteiger partial charge on any atom is 0.416 e. The highest BCUT2D eigenvalue weighted by Gasteiger charge is 2.29. The van der Waals surface area contributed by atoms with Crippen molar-refractivity contribution in [3.05, 3.63) is 35.4 Å². The molecule has 4 nitrogen and oxygen atoms in total. The summed E-state index contributed by atoms with van der Waals surface area (Å²) in [6, 6.07) is 4.66. The van der Waals surface area contributed by atoms with Crippen LogP contribution in [0.25, 0.3) is 0 Å². The zero-order valence-electron chi connectivity index (χ0n) is 13.5. The molecule has 1 aliphatic rings. The lowest BCUT2D eigenvalue weighted by Gasteiger charge is -2.29. The van der Waals surface area contributed by atoms with Gasteiger partial charge in [-0.25, -0.2) is 0 Å². The van der Waals surface area contributed by atoms with Crippen LogP contribution < -0.4 is 5.32 Å². The molecule has 0 unspecified atom stereocenters. The van der Waals surface area contributed by atoms with E-state index in [1.807, 2.05) is 0 Å². The predicted octanol–water partition coefficient (Wildman–Crippen LogP) is 2.21. The van der Waals surface area contributed by atoms with Crippen LogP contribution in [0.4, 0.5) is 13.2 Å². The number of halogens is 3. The molecule has 1 aromatic carbocycles. The fraction of sp³-hybridized carbons (Fsp3) is 0.588. The van der Waals surface area contributed by atoms with E-state index in [9.17, 15) is 23.1 Å². The van der Waals surface area contributed by atoms with Gasteiger partial charge in [-0.15, -0.1) is 0 Å². The Morgan fingerprint density at radius 3 is 2.42 bits per heavy atom. The molecule has 1 amide bonds. The van der Waals surface area contributed by atoms with Crippen molar-refractivity contribution >= 4 is 5.91 Å². The van der Waals surface area contributed by atoms with Crippen LogP contribution in [0.2, 0.25) is 0 Å². The molecule has 0 radical (unpaired) electrons. The predicted molar refractivity (Wildman–Crippen MR) is 84.5 cm³/mol. The highest BCUT2D eigenvalue weighted by molar-refractivity contribution is 5.78. The number of hydrogen-bond acceptors (Lipinski definition) is 3. The topological polar surface area (TPSA) is 52.6 Å². The monoisotopic (exact) mass is 344 g/mol. The van der Waals surface area contributed by atoms with Crippen LogP contribution in [0.3, 0.4) is 0 Å². The molecule has 2 rings (SSSR count). The van der Waals surface area contributed by atoms with Gasteiger partial charge in [0.2, 0.25) is 5.91 Å². The molecule has 1 aromatic rings. The van der Waals surface area contributed by atoms with Crippen LogP contribution in [0.1, 0.15) is 30.4 Å². The van der Waals surface area contributed by atoms with E-state index < -0.39 is 11.7 Å². The maximum absolute atomic E-state index is 12.5. The van der Waals surface area contributed by atoms with Crippen LogP contribution in [-0.4, -0.2) is 48.2 Å². The van der Waals surface area contributed by atoms with Crippen LogP contribution in [0.5, 0.6) is 0 Å². The Kier molecular flexibility index (Phi) is 6.62. The number of nitrogens with zero attached hydrogens (tertiary/aromatic N) is 1. The van der Waals surface area contributed by atoms with Crippen molar-refractivity contribution in [2.45, 2.75) is 38.0 Å². The Bertz CT molecular complexity index is 524. The Morgan fingerprint density at radius 2 is 1.83 bits per heavy atom. The van der Waals surface area contributed by atoms with Crippen molar-refractivity contribution in [3.8, 4) is 0 Å². The average Bonchev–Trinajstić information content (AvgIpc) is 2.53. The van der Waals surface area contributed by atoms with E-state index in [0.29, 0.717) is 12.1 Å². The molecular formula is C17H23F3N2O2. The number of likely N-dealkylation sites (tertiary alicyclic amines) is 1. The molecule has 1 saturated heterocycles. The molecule has 1 heterocycles. The lowest BCUT2D eigenvalue weighted by Crippen LogP contribution is -2.37. The van der Waals surface area contributed by atoms with E-state index in [1.165, 1.54) is 12.1 Å². The Balaban J connectivity index is 1.64. The van der Waals surface area contributed by atoms with Gasteiger partial charge in [-0.1, -0.05) is 12.1 Å². The van der Waals surface area contributed by atoms with Crippen LogP contribution in [0.15, 0.2) is 24.3 Å². The molecule has 0 atom stereocenters. The standard InChI is InChI=1S/C17H23F3N2O2/c18-17(19,20)14-4-2-13(3-5-14)12-16(24)21-8-1-9-22-10-6-15(23)7-11-22/h2-5,15,23H,1,6-12H2,(H,21,24). The Morgan fingerprint density at radius 1 is 1.21 bits per heavy atom. The van der Waals surface area contributed by atoms with Gasteiger partial charge in [0, 0.05) is 19.6 Å². The molecule has 24 heavy (non-hydrogen) atoms. The summed E-state index contributed by atoms with van der Waals surface area (Å²) in [7, 11) is 0. The van der Waals surface area contributed by atoms with Crippen molar-refractivity contribution in [3.63, 3.8) is 0 Å². The summed E-state index contributed by atoms with van der Waals surface area (Å²) in [5.41, 5.74) is -0.149. The van der Waals surface area contributed by atoms with Gasteiger partial charge in [0.15, 0.2) is 0 Å². The molecule has 0 saturated carbocycles. The van der Waals surface area contributed by atoms with E-state index in [0.717, 1.165) is 51.0 Å². The molecule has 0 aliphatic carbocycles. The average molecular weight is 344 g/mol. The first kappa shape index (κ1) is 18.7. The molecule has 1 aliphatic heterocycles. The third kappa shape index (κ3) is 6.13. The van der Waals surface area contributed by atoms with Gasteiger partial charge in [0.25, 0.3) is 0 Å². The smallest absolute Gasteiger partial charge is 0.393 e. The molecule has 134 valence electrons. The highest BCUT2D eigenvalue weighted by atomic mass is 19.4. The molecule has 7 heteroatoms. The van der Waals surface area contributed by atoms with Crippen molar-refractivity contribution in [1.82, 2.24) is 10.2 Å². The fourth-order valence-corrected chi connectivity index (χ4v) is 2.73. The third-order valence-electron chi connectivity index (χ3n) is 4.18. The minimum atomic E-state index is -4.36. The third-order valence-corrected chi connectivity index (χ3v) is 4.18. The van der Waals surface area contributed by atoms with Gasteiger partial charge in [-0.05, 0) is 43.5 Å².